The van der Waals surface area contributed by atoms with E-state index in [9.17, 15) is 29.7 Å². The Labute approximate surface area is 345 Å². The van der Waals surface area contributed by atoms with Crippen LogP contribution in [0.1, 0.15) is 127 Å². The van der Waals surface area contributed by atoms with Crippen molar-refractivity contribution in [1.29, 1.82) is 0 Å². The first-order valence-corrected chi connectivity index (χ1v) is 21.1. The standard InChI is InChI=1S/C25H32O4.C25H30O4/c2*1-4-5-8-16(2)21(27)14-13-19-22(28)15-23-24(19)20-12-7-11-18(25(20)29-23)10-6-9-17(3)26/h7,11-14,16,19,21-24,27-28H,6,8-10,15H2,1-3H3;7,11-14,16,19,22-24,28H,6,8-10,15H2,1-3H3/b2*14-13+/t16-,19-,21+,22+,23-,24-;16-,19-,22+,23-,24-/m00/s1. The predicted molar refractivity (Wildman–Crippen MR) is 226 cm³/mol. The van der Waals surface area contributed by atoms with Crippen LogP contribution in [0.4, 0.5) is 0 Å². The first kappa shape index (κ1) is 44.6. The fourth-order valence-electron chi connectivity index (χ4n) is 8.93. The van der Waals surface area contributed by atoms with Crippen molar-refractivity contribution in [3.05, 3.63) is 83.0 Å². The zero-order valence-electron chi connectivity index (χ0n) is 35.1. The van der Waals surface area contributed by atoms with E-state index in [-0.39, 0.29) is 65.1 Å². The first-order valence-electron chi connectivity index (χ1n) is 21.1. The van der Waals surface area contributed by atoms with Crippen LogP contribution in [-0.2, 0) is 27.2 Å². The minimum Gasteiger partial charge on any atom is -0.489 e. The molecule has 0 unspecified atom stereocenters. The van der Waals surface area contributed by atoms with Gasteiger partial charge in [0.25, 0.3) is 0 Å². The average Bonchev–Trinajstić information content (AvgIpc) is 3.91. The fraction of sp³-hybridized carbons (Fsp3) is 0.540. The van der Waals surface area contributed by atoms with Gasteiger partial charge in [-0.1, -0.05) is 68.5 Å². The molecule has 8 heteroatoms. The molecular weight excluding hydrogens is 729 g/mol. The summed E-state index contributed by atoms with van der Waals surface area (Å²) in [5.41, 5.74) is 4.51. The van der Waals surface area contributed by atoms with Crippen molar-refractivity contribution in [1.82, 2.24) is 0 Å². The van der Waals surface area contributed by atoms with Crippen molar-refractivity contribution in [3.8, 4) is 35.2 Å². The highest BCUT2D eigenvalue weighted by molar-refractivity contribution is 5.91. The number of aliphatic hydroxyl groups is 3. The Morgan fingerprint density at radius 3 is 1.72 bits per heavy atom. The molecule has 0 radical (unpaired) electrons. The molecular formula is C50H62O8. The number of fused-ring (bicyclic) bond motifs is 6. The van der Waals surface area contributed by atoms with Crippen LogP contribution in [0.5, 0.6) is 11.5 Å². The van der Waals surface area contributed by atoms with Crippen LogP contribution in [0.3, 0.4) is 0 Å². The van der Waals surface area contributed by atoms with Gasteiger partial charge < -0.3 is 34.4 Å². The zero-order chi connectivity index (χ0) is 41.9. The number of carbonyl (C=O) groups is 3. The monoisotopic (exact) mass is 790 g/mol. The number of Topliss-reactive ketones (excluding diaryl/α,β-unsaturated/α-hetero) is 2. The van der Waals surface area contributed by atoms with Crippen molar-refractivity contribution < 1.29 is 39.2 Å². The summed E-state index contributed by atoms with van der Waals surface area (Å²) in [6, 6.07) is 12.3. The van der Waals surface area contributed by atoms with Crippen molar-refractivity contribution >= 4 is 17.3 Å². The molecule has 0 aromatic heterocycles. The molecule has 2 aromatic carbocycles. The molecule has 2 saturated carbocycles. The maximum Gasteiger partial charge on any atom is 0.159 e. The molecule has 2 aliphatic heterocycles. The lowest BCUT2D eigenvalue weighted by Gasteiger charge is -2.19. The van der Waals surface area contributed by atoms with Crippen LogP contribution in [-0.4, -0.2) is 63.2 Å². The van der Waals surface area contributed by atoms with Gasteiger partial charge in [0.05, 0.1) is 18.3 Å². The largest absolute Gasteiger partial charge is 0.489 e. The number of benzene rings is 2. The minimum absolute atomic E-state index is 0.0378. The summed E-state index contributed by atoms with van der Waals surface area (Å²) < 4.78 is 12.5. The smallest absolute Gasteiger partial charge is 0.159 e. The number of allylic oxidation sites excluding steroid dienone is 1. The van der Waals surface area contributed by atoms with E-state index in [2.05, 4.69) is 47.9 Å². The van der Waals surface area contributed by atoms with Gasteiger partial charge in [-0.2, -0.15) is 0 Å². The van der Waals surface area contributed by atoms with E-state index < -0.39 is 18.3 Å². The summed E-state index contributed by atoms with van der Waals surface area (Å²) in [6.07, 6.45) is 12.3. The number of ketones is 3. The Balaban J connectivity index is 0.000000221. The first-order chi connectivity index (χ1) is 27.8. The van der Waals surface area contributed by atoms with E-state index in [0.717, 1.165) is 59.4 Å². The Bertz CT molecular complexity index is 1950. The maximum absolute atomic E-state index is 12.4. The van der Waals surface area contributed by atoms with Crippen molar-refractivity contribution in [3.63, 3.8) is 0 Å². The van der Waals surface area contributed by atoms with E-state index in [1.165, 1.54) is 0 Å². The summed E-state index contributed by atoms with van der Waals surface area (Å²) >= 11 is 0. The normalized spacial score (nSPS) is 26.3. The van der Waals surface area contributed by atoms with Crippen LogP contribution in [0.15, 0.2) is 60.7 Å². The lowest BCUT2D eigenvalue weighted by Crippen LogP contribution is -2.19. The van der Waals surface area contributed by atoms with Crippen molar-refractivity contribution in [2.45, 2.75) is 148 Å². The second-order valence-corrected chi connectivity index (χ2v) is 16.7. The number of hydrogen-bond donors (Lipinski definition) is 3. The van der Waals surface area contributed by atoms with Crippen LogP contribution in [0.2, 0.25) is 0 Å². The molecule has 2 aliphatic carbocycles. The van der Waals surface area contributed by atoms with Crippen molar-refractivity contribution in [2.75, 3.05) is 0 Å². The molecule has 6 rings (SSSR count). The van der Waals surface area contributed by atoms with Gasteiger partial charge in [-0.25, -0.2) is 0 Å². The van der Waals surface area contributed by atoms with E-state index in [0.29, 0.717) is 38.5 Å². The van der Waals surface area contributed by atoms with Crippen LogP contribution in [0.25, 0.3) is 0 Å². The summed E-state index contributed by atoms with van der Waals surface area (Å²) in [5, 5.41) is 31.6. The van der Waals surface area contributed by atoms with Crippen LogP contribution in [0, 0.1) is 47.4 Å². The molecule has 0 amide bonds. The van der Waals surface area contributed by atoms with Gasteiger partial charge >= 0.3 is 0 Å². The van der Waals surface area contributed by atoms with Gasteiger partial charge in [0.2, 0.25) is 0 Å². The molecule has 0 bridgehead atoms. The predicted octanol–water partition coefficient (Wildman–Crippen LogP) is 7.79. The average molecular weight is 791 g/mol. The summed E-state index contributed by atoms with van der Waals surface area (Å²) in [5.74, 6) is 13.8. The molecule has 2 fully saturated rings. The molecule has 4 aliphatic rings. The maximum atomic E-state index is 12.4. The number of carbonyl (C=O) groups excluding carboxylic acids is 3. The lowest BCUT2D eigenvalue weighted by molar-refractivity contribution is -0.118. The SMILES string of the molecule is CC#CC[C@H](C)C(=O)/C=C/[C@@H]1[C@H]2c3cccc(CCCC(C)=O)c3O[C@H]2C[C@H]1O.CC#CC[C@H](C)[C@H](O)/C=C/[C@@H]1[C@H]2c3cccc(CCCC(C)=O)c3O[C@H]2C[C@H]1O. The second-order valence-electron chi connectivity index (χ2n) is 16.7. The third-order valence-electron chi connectivity index (χ3n) is 12.2. The van der Waals surface area contributed by atoms with Gasteiger partial charge in [-0.3, -0.25) is 4.79 Å². The highest BCUT2D eigenvalue weighted by atomic mass is 16.5. The highest BCUT2D eigenvalue weighted by Gasteiger charge is 2.50. The number of hydrogen-bond acceptors (Lipinski definition) is 8. The molecule has 310 valence electrons. The molecule has 58 heavy (non-hydrogen) atoms. The molecule has 3 N–H and O–H groups in total. The molecule has 8 nitrogen and oxygen atoms in total. The van der Waals surface area contributed by atoms with Gasteiger partial charge in [-0.15, -0.1) is 23.7 Å². The van der Waals surface area contributed by atoms with Crippen LogP contribution >= 0.6 is 0 Å². The molecule has 11 atom stereocenters. The Morgan fingerprint density at radius 2 is 1.24 bits per heavy atom. The molecule has 0 spiro atoms. The van der Waals surface area contributed by atoms with Gasteiger partial charge in [0, 0.05) is 79.2 Å². The van der Waals surface area contributed by atoms with Gasteiger partial charge in [0.15, 0.2) is 5.78 Å². The van der Waals surface area contributed by atoms with Gasteiger partial charge in [0.1, 0.15) is 35.3 Å². The third kappa shape index (κ3) is 11.0. The minimum atomic E-state index is -0.582. The number of rotatable bonds is 16. The number of aryl methyl sites for hydroxylation is 2. The summed E-state index contributed by atoms with van der Waals surface area (Å²) in [4.78, 5) is 34.9. The Kier molecular flexibility index (Phi) is 16.1. The number of aliphatic hydroxyl groups excluding tert-OH is 3. The quantitative estimate of drug-likeness (QED) is 0.0893. The molecule has 0 saturated heterocycles. The summed E-state index contributed by atoms with van der Waals surface area (Å²) in [7, 11) is 0. The topological polar surface area (TPSA) is 130 Å². The second kappa shape index (κ2) is 21.0. The van der Waals surface area contributed by atoms with Crippen molar-refractivity contribution in [2.24, 2.45) is 23.7 Å². The van der Waals surface area contributed by atoms with Crippen LogP contribution < -0.4 is 9.47 Å². The molecule has 2 heterocycles. The van der Waals surface area contributed by atoms with E-state index in [4.69, 9.17) is 9.47 Å². The van der Waals surface area contributed by atoms with E-state index >= 15 is 0 Å². The lowest BCUT2D eigenvalue weighted by atomic mass is 9.86. The summed E-state index contributed by atoms with van der Waals surface area (Å²) in [6.45, 7) is 10.7. The zero-order valence-corrected chi connectivity index (χ0v) is 35.1. The number of ether oxygens (including phenoxy) is 2. The highest BCUT2D eigenvalue weighted by Crippen LogP contribution is 2.53. The number of para-hydroxylation sites is 2. The van der Waals surface area contributed by atoms with E-state index in [1.54, 1.807) is 33.8 Å². The Hall–Kier alpha value is -4.47. The molecule has 2 aromatic rings. The third-order valence-corrected chi connectivity index (χ3v) is 12.2. The van der Waals surface area contributed by atoms with Gasteiger partial charge in [-0.05, 0) is 76.5 Å². The fourth-order valence-corrected chi connectivity index (χ4v) is 8.93. The Morgan fingerprint density at radius 1 is 0.759 bits per heavy atom. The van der Waals surface area contributed by atoms with E-state index in [1.807, 2.05) is 44.2 Å².